The van der Waals surface area contributed by atoms with E-state index in [-0.39, 0.29) is 11.4 Å². The van der Waals surface area contributed by atoms with Gasteiger partial charge in [-0.15, -0.1) is 0 Å². The number of amides is 1. The number of rotatable bonds is 12. The van der Waals surface area contributed by atoms with Crippen LogP contribution in [0.1, 0.15) is 63.5 Å². The number of ketones is 1. The van der Waals surface area contributed by atoms with E-state index >= 15 is 0 Å². The molecular weight excluding hydrogens is 410 g/mol. The van der Waals surface area contributed by atoms with Gasteiger partial charge in [-0.25, -0.2) is 0 Å². The van der Waals surface area contributed by atoms with E-state index in [2.05, 4.69) is 12.2 Å². The molecule has 0 spiro atoms. The molecule has 0 saturated heterocycles. The van der Waals surface area contributed by atoms with Crippen LogP contribution < -0.4 is 10.1 Å². The first kappa shape index (κ1) is 24.7. The Bertz CT molecular complexity index is 903. The van der Waals surface area contributed by atoms with Crippen molar-refractivity contribution >= 4 is 35.1 Å². The molecule has 0 aliphatic heterocycles. The van der Waals surface area contributed by atoms with Crippen molar-refractivity contribution in [2.45, 2.75) is 59.3 Å². The van der Waals surface area contributed by atoms with Crippen LogP contribution in [0.3, 0.4) is 0 Å². The predicted octanol–water partition coefficient (Wildman–Crippen LogP) is 7.00. The third-order valence-corrected chi connectivity index (χ3v) is 5.26. The molecule has 0 heterocycles. The normalized spacial score (nSPS) is 11.3. The summed E-state index contributed by atoms with van der Waals surface area (Å²) in [6.07, 6.45) is 8.92. The standard InChI is InChI=1S/C26H32ClNO3/c1-4-5-6-7-8-9-16-31-23-14-11-21(12-15-23)17-24(20(3)29)26(30)28-25-18-22(27)13-10-19(25)2/h10-15,17-18H,4-9,16H2,1-3H3,(H,28,30)/b24-17-. The summed E-state index contributed by atoms with van der Waals surface area (Å²) in [7, 11) is 0. The van der Waals surface area contributed by atoms with E-state index in [1.54, 1.807) is 18.2 Å². The Kier molecular flexibility index (Phi) is 10.3. The molecule has 2 aromatic rings. The Balaban J connectivity index is 1.96. The van der Waals surface area contributed by atoms with Crippen molar-refractivity contribution in [1.82, 2.24) is 0 Å². The SMILES string of the molecule is CCCCCCCCOc1ccc(/C=C(/C(C)=O)C(=O)Nc2cc(Cl)ccc2C)cc1. The average Bonchev–Trinajstić information content (AvgIpc) is 2.74. The third-order valence-electron chi connectivity index (χ3n) is 5.03. The van der Waals surface area contributed by atoms with Crippen molar-refractivity contribution < 1.29 is 14.3 Å². The Labute approximate surface area is 190 Å². The molecule has 1 amide bonds. The highest BCUT2D eigenvalue weighted by Crippen LogP contribution is 2.22. The molecule has 0 unspecified atom stereocenters. The molecule has 0 aliphatic rings. The number of halogens is 1. The molecule has 5 heteroatoms. The van der Waals surface area contributed by atoms with Gasteiger partial charge in [0, 0.05) is 10.7 Å². The van der Waals surface area contributed by atoms with Gasteiger partial charge in [-0.1, -0.05) is 68.8 Å². The van der Waals surface area contributed by atoms with E-state index in [0.717, 1.165) is 23.3 Å². The molecule has 4 nitrogen and oxygen atoms in total. The zero-order chi connectivity index (χ0) is 22.6. The van der Waals surface area contributed by atoms with Crippen LogP contribution >= 0.6 is 11.6 Å². The summed E-state index contributed by atoms with van der Waals surface area (Å²) in [4.78, 5) is 24.8. The number of carbonyl (C=O) groups is 2. The van der Waals surface area contributed by atoms with E-state index in [0.29, 0.717) is 17.3 Å². The summed E-state index contributed by atoms with van der Waals surface area (Å²) < 4.78 is 5.79. The number of aryl methyl sites for hydroxylation is 1. The summed E-state index contributed by atoms with van der Waals surface area (Å²) in [5.41, 5.74) is 2.30. The van der Waals surface area contributed by atoms with Gasteiger partial charge in [-0.05, 0) is 61.7 Å². The highest BCUT2D eigenvalue weighted by Gasteiger charge is 2.16. The van der Waals surface area contributed by atoms with E-state index in [1.807, 2.05) is 37.3 Å². The molecule has 0 aliphatic carbocycles. The number of nitrogens with one attached hydrogen (secondary N) is 1. The number of hydrogen-bond donors (Lipinski definition) is 1. The lowest BCUT2D eigenvalue weighted by Crippen LogP contribution is -2.19. The molecule has 0 fully saturated rings. The lowest BCUT2D eigenvalue weighted by Gasteiger charge is -2.10. The van der Waals surface area contributed by atoms with Crippen molar-refractivity contribution in [3.8, 4) is 5.75 Å². The zero-order valence-electron chi connectivity index (χ0n) is 18.7. The maximum atomic E-state index is 12.7. The third kappa shape index (κ3) is 8.58. The van der Waals surface area contributed by atoms with E-state index in [1.165, 1.54) is 39.0 Å². The Morgan fingerprint density at radius 1 is 1.00 bits per heavy atom. The van der Waals surface area contributed by atoms with Gasteiger partial charge in [-0.3, -0.25) is 9.59 Å². The minimum absolute atomic E-state index is 0.0834. The highest BCUT2D eigenvalue weighted by molar-refractivity contribution is 6.31. The zero-order valence-corrected chi connectivity index (χ0v) is 19.4. The van der Waals surface area contributed by atoms with Gasteiger partial charge in [0.25, 0.3) is 5.91 Å². The van der Waals surface area contributed by atoms with Crippen molar-refractivity contribution in [3.05, 3.63) is 64.2 Å². The minimum atomic E-state index is -0.457. The van der Waals surface area contributed by atoms with Crippen LogP contribution in [0.2, 0.25) is 5.02 Å². The Hall–Kier alpha value is -2.59. The Morgan fingerprint density at radius 3 is 2.35 bits per heavy atom. The number of ether oxygens (including phenoxy) is 1. The first-order valence-electron chi connectivity index (χ1n) is 10.9. The number of anilines is 1. The number of benzene rings is 2. The molecule has 0 saturated carbocycles. The maximum Gasteiger partial charge on any atom is 0.259 e. The van der Waals surface area contributed by atoms with Gasteiger partial charge in [-0.2, -0.15) is 0 Å². The van der Waals surface area contributed by atoms with Gasteiger partial charge in [0.1, 0.15) is 5.75 Å². The molecule has 0 atom stereocenters. The summed E-state index contributed by atoms with van der Waals surface area (Å²) in [5.74, 6) is 0.0240. The quantitative estimate of drug-likeness (QED) is 0.167. The summed E-state index contributed by atoms with van der Waals surface area (Å²) in [6.45, 7) is 6.16. The van der Waals surface area contributed by atoms with Gasteiger partial charge in [0.2, 0.25) is 0 Å². The lowest BCUT2D eigenvalue weighted by molar-refractivity contribution is -0.118. The molecule has 0 aromatic heterocycles. The average molecular weight is 442 g/mol. The Morgan fingerprint density at radius 2 is 1.68 bits per heavy atom. The van der Waals surface area contributed by atoms with Gasteiger partial charge >= 0.3 is 0 Å². The van der Waals surface area contributed by atoms with Crippen LogP contribution in [0, 0.1) is 6.92 Å². The summed E-state index contributed by atoms with van der Waals surface area (Å²) in [6, 6.07) is 12.7. The molecule has 0 bridgehead atoms. The topological polar surface area (TPSA) is 55.4 Å². The number of unbranched alkanes of at least 4 members (excludes halogenated alkanes) is 5. The fourth-order valence-corrected chi connectivity index (χ4v) is 3.32. The molecule has 31 heavy (non-hydrogen) atoms. The number of Topliss-reactive ketones (excluding diaryl/α,β-unsaturated/α-hetero) is 1. The second-order valence-corrected chi connectivity index (χ2v) is 8.15. The van der Waals surface area contributed by atoms with Crippen LogP contribution in [0.5, 0.6) is 5.75 Å². The van der Waals surface area contributed by atoms with Gasteiger partial charge in [0.05, 0.1) is 12.2 Å². The monoisotopic (exact) mass is 441 g/mol. The van der Waals surface area contributed by atoms with Crippen LogP contribution in [0.25, 0.3) is 6.08 Å². The first-order valence-corrected chi connectivity index (χ1v) is 11.3. The molecule has 166 valence electrons. The molecular formula is C26H32ClNO3. The predicted molar refractivity (Wildman–Crippen MR) is 129 cm³/mol. The molecule has 2 aromatic carbocycles. The largest absolute Gasteiger partial charge is 0.494 e. The van der Waals surface area contributed by atoms with Crippen molar-refractivity contribution in [2.75, 3.05) is 11.9 Å². The van der Waals surface area contributed by atoms with Crippen molar-refractivity contribution in [3.63, 3.8) is 0 Å². The summed E-state index contributed by atoms with van der Waals surface area (Å²) >= 11 is 6.02. The highest BCUT2D eigenvalue weighted by atomic mass is 35.5. The fourth-order valence-electron chi connectivity index (χ4n) is 3.14. The maximum absolute atomic E-state index is 12.7. The number of hydrogen-bond acceptors (Lipinski definition) is 3. The molecule has 0 radical (unpaired) electrons. The van der Waals surface area contributed by atoms with Crippen molar-refractivity contribution in [2.24, 2.45) is 0 Å². The number of carbonyl (C=O) groups excluding carboxylic acids is 2. The van der Waals surface area contributed by atoms with E-state index in [4.69, 9.17) is 16.3 Å². The van der Waals surface area contributed by atoms with Gasteiger partial charge in [0.15, 0.2) is 5.78 Å². The van der Waals surface area contributed by atoms with Crippen LogP contribution in [0.15, 0.2) is 48.0 Å². The fraction of sp³-hybridized carbons (Fsp3) is 0.385. The minimum Gasteiger partial charge on any atom is -0.494 e. The van der Waals surface area contributed by atoms with Crippen molar-refractivity contribution in [1.29, 1.82) is 0 Å². The summed E-state index contributed by atoms with van der Waals surface area (Å²) in [5, 5.41) is 3.30. The van der Waals surface area contributed by atoms with Crippen LogP contribution in [-0.2, 0) is 9.59 Å². The lowest BCUT2D eigenvalue weighted by atomic mass is 10.1. The van der Waals surface area contributed by atoms with Gasteiger partial charge < -0.3 is 10.1 Å². The molecule has 1 N–H and O–H groups in total. The van der Waals surface area contributed by atoms with E-state index in [9.17, 15) is 9.59 Å². The van der Waals surface area contributed by atoms with Crippen LogP contribution in [0.4, 0.5) is 5.69 Å². The van der Waals surface area contributed by atoms with Crippen LogP contribution in [-0.4, -0.2) is 18.3 Å². The first-order chi connectivity index (χ1) is 14.9. The smallest absolute Gasteiger partial charge is 0.259 e. The second kappa shape index (κ2) is 13.0. The second-order valence-electron chi connectivity index (χ2n) is 7.71. The molecule has 2 rings (SSSR count). The van der Waals surface area contributed by atoms with E-state index < -0.39 is 5.91 Å².